The lowest BCUT2D eigenvalue weighted by Gasteiger charge is -2.25. The molecule has 3 aromatic rings. The number of fused-ring (bicyclic) bond motifs is 1. The summed E-state index contributed by atoms with van der Waals surface area (Å²) < 4.78 is 6.97. The van der Waals surface area contributed by atoms with Crippen molar-refractivity contribution in [2.45, 2.75) is 39.0 Å². The van der Waals surface area contributed by atoms with Crippen molar-refractivity contribution in [3.8, 4) is 11.5 Å². The maximum atomic E-state index is 10.5. The van der Waals surface area contributed by atoms with Crippen LogP contribution in [-0.2, 0) is 5.41 Å². The smallest absolute Gasteiger partial charge is 0.123 e. The first kappa shape index (κ1) is 16.8. The van der Waals surface area contributed by atoms with Gasteiger partial charge in [0.2, 0.25) is 0 Å². The van der Waals surface area contributed by atoms with Crippen LogP contribution in [0.1, 0.15) is 44.1 Å². The molecule has 0 atom stereocenters. The lowest BCUT2D eigenvalue weighted by atomic mass is 9.82. The standard InChI is InChI=1S/C21H24O2S/c1-4-5-12-23-16-10-11-17(18(22)14-16)21(2,3)20-13-15-8-6-7-9-19(15)24-20/h6-11,13-14,22H,4-5,12H2,1-3H3. The number of unbranched alkanes of at least 4 members (excludes halogenated alkanes) is 1. The van der Waals surface area contributed by atoms with Crippen molar-refractivity contribution in [2.24, 2.45) is 0 Å². The van der Waals surface area contributed by atoms with Crippen molar-refractivity contribution < 1.29 is 9.84 Å². The van der Waals surface area contributed by atoms with E-state index in [-0.39, 0.29) is 5.41 Å². The van der Waals surface area contributed by atoms with Crippen LogP contribution < -0.4 is 4.74 Å². The molecule has 2 aromatic carbocycles. The summed E-state index contributed by atoms with van der Waals surface area (Å²) in [5.41, 5.74) is 0.673. The monoisotopic (exact) mass is 340 g/mol. The molecule has 0 amide bonds. The van der Waals surface area contributed by atoms with E-state index in [2.05, 4.69) is 51.1 Å². The van der Waals surface area contributed by atoms with Gasteiger partial charge >= 0.3 is 0 Å². The van der Waals surface area contributed by atoms with Crippen molar-refractivity contribution in [3.63, 3.8) is 0 Å². The van der Waals surface area contributed by atoms with Gasteiger partial charge in [0.05, 0.1) is 6.61 Å². The minimum atomic E-state index is -0.254. The van der Waals surface area contributed by atoms with E-state index >= 15 is 0 Å². The highest BCUT2D eigenvalue weighted by atomic mass is 32.1. The molecule has 1 aromatic heterocycles. The molecule has 0 saturated carbocycles. The summed E-state index contributed by atoms with van der Waals surface area (Å²) in [6.45, 7) is 7.14. The van der Waals surface area contributed by atoms with Crippen molar-refractivity contribution in [1.82, 2.24) is 0 Å². The van der Waals surface area contributed by atoms with Crippen LogP contribution in [0.2, 0.25) is 0 Å². The van der Waals surface area contributed by atoms with Gasteiger partial charge in [-0.3, -0.25) is 0 Å². The first-order chi connectivity index (χ1) is 11.5. The Morgan fingerprint density at radius 1 is 1.08 bits per heavy atom. The summed E-state index contributed by atoms with van der Waals surface area (Å²) in [7, 11) is 0. The third kappa shape index (κ3) is 3.27. The van der Waals surface area contributed by atoms with Gasteiger partial charge in [0, 0.05) is 26.6 Å². The molecule has 0 fully saturated rings. The number of benzene rings is 2. The van der Waals surface area contributed by atoms with Crippen molar-refractivity contribution in [2.75, 3.05) is 6.61 Å². The molecule has 0 aliphatic rings. The quantitative estimate of drug-likeness (QED) is 0.548. The number of thiophene rings is 1. The van der Waals surface area contributed by atoms with E-state index < -0.39 is 0 Å². The summed E-state index contributed by atoms with van der Waals surface area (Å²) in [6.07, 6.45) is 2.12. The SMILES string of the molecule is CCCCOc1ccc(C(C)(C)c2cc3ccccc3s2)c(O)c1. The fourth-order valence-corrected chi connectivity index (χ4v) is 4.07. The third-order valence-corrected chi connectivity index (χ3v) is 5.89. The van der Waals surface area contributed by atoms with Crippen molar-refractivity contribution in [3.05, 3.63) is 59.0 Å². The fourth-order valence-electron chi connectivity index (χ4n) is 2.89. The topological polar surface area (TPSA) is 29.5 Å². The first-order valence-electron chi connectivity index (χ1n) is 8.47. The minimum absolute atomic E-state index is 0.254. The highest BCUT2D eigenvalue weighted by Crippen LogP contribution is 2.42. The van der Waals surface area contributed by atoms with Crippen LogP contribution in [0.4, 0.5) is 0 Å². The number of ether oxygens (including phenoxy) is 1. The predicted molar refractivity (Wildman–Crippen MR) is 102 cm³/mol. The van der Waals surface area contributed by atoms with E-state index in [1.165, 1.54) is 15.0 Å². The maximum Gasteiger partial charge on any atom is 0.123 e. The average Bonchev–Trinajstić information content (AvgIpc) is 3.00. The van der Waals surface area contributed by atoms with Gasteiger partial charge in [0.25, 0.3) is 0 Å². The normalized spacial score (nSPS) is 11.8. The fraction of sp³-hybridized carbons (Fsp3) is 0.333. The minimum Gasteiger partial charge on any atom is -0.507 e. The molecule has 0 spiro atoms. The molecule has 0 radical (unpaired) electrons. The number of phenols is 1. The van der Waals surface area contributed by atoms with Gasteiger partial charge in [0.15, 0.2) is 0 Å². The number of hydrogen-bond acceptors (Lipinski definition) is 3. The van der Waals surface area contributed by atoms with Crippen molar-refractivity contribution in [1.29, 1.82) is 0 Å². The maximum absolute atomic E-state index is 10.5. The van der Waals surface area contributed by atoms with E-state index in [0.717, 1.165) is 24.2 Å². The molecule has 126 valence electrons. The Morgan fingerprint density at radius 3 is 2.58 bits per heavy atom. The highest BCUT2D eigenvalue weighted by Gasteiger charge is 2.28. The van der Waals surface area contributed by atoms with Gasteiger partial charge in [0.1, 0.15) is 11.5 Å². The number of phenolic OH excluding ortho intramolecular Hbond substituents is 1. The zero-order chi connectivity index (χ0) is 17.2. The van der Waals surface area contributed by atoms with E-state index in [9.17, 15) is 5.11 Å². The van der Waals surface area contributed by atoms with E-state index in [1.807, 2.05) is 12.1 Å². The highest BCUT2D eigenvalue weighted by molar-refractivity contribution is 7.19. The molecule has 0 aliphatic heterocycles. The molecule has 0 aliphatic carbocycles. The van der Waals surface area contributed by atoms with Crippen LogP contribution in [0, 0.1) is 0 Å². The molecule has 2 nitrogen and oxygen atoms in total. The number of aromatic hydroxyl groups is 1. The van der Waals surface area contributed by atoms with Crippen LogP contribution in [0.25, 0.3) is 10.1 Å². The van der Waals surface area contributed by atoms with E-state index in [4.69, 9.17) is 4.74 Å². The van der Waals surface area contributed by atoms with Crippen molar-refractivity contribution >= 4 is 21.4 Å². The molecule has 24 heavy (non-hydrogen) atoms. The molecule has 3 heteroatoms. The Hall–Kier alpha value is -2.00. The van der Waals surface area contributed by atoms with Gasteiger partial charge in [-0.05, 0) is 30.0 Å². The van der Waals surface area contributed by atoms with Gasteiger partial charge in [-0.25, -0.2) is 0 Å². The lowest BCUT2D eigenvalue weighted by molar-refractivity contribution is 0.307. The van der Waals surface area contributed by atoms with Gasteiger partial charge in [-0.15, -0.1) is 11.3 Å². The Bertz CT molecular complexity index is 800. The first-order valence-corrected chi connectivity index (χ1v) is 9.29. The molecule has 3 rings (SSSR count). The van der Waals surface area contributed by atoms with Crippen LogP contribution >= 0.6 is 11.3 Å². The Kier molecular flexibility index (Phi) is 4.81. The predicted octanol–water partition coefficient (Wildman–Crippen LogP) is 6.11. The summed E-state index contributed by atoms with van der Waals surface area (Å²) in [5.74, 6) is 1.03. The Balaban J connectivity index is 1.91. The van der Waals surface area contributed by atoms with E-state index in [1.54, 1.807) is 17.4 Å². The van der Waals surface area contributed by atoms with Crippen LogP contribution in [0.3, 0.4) is 0 Å². The second-order valence-corrected chi connectivity index (χ2v) is 7.74. The largest absolute Gasteiger partial charge is 0.507 e. The van der Waals surface area contributed by atoms with Crippen LogP contribution in [0.5, 0.6) is 11.5 Å². The van der Waals surface area contributed by atoms with E-state index in [0.29, 0.717) is 12.4 Å². The van der Waals surface area contributed by atoms with Gasteiger partial charge in [-0.2, -0.15) is 0 Å². The molecule has 1 N–H and O–H groups in total. The molecule has 0 saturated heterocycles. The summed E-state index contributed by atoms with van der Waals surface area (Å²) in [4.78, 5) is 1.25. The van der Waals surface area contributed by atoms with Crippen LogP contribution in [0.15, 0.2) is 48.5 Å². The Morgan fingerprint density at radius 2 is 1.88 bits per heavy atom. The summed E-state index contributed by atoms with van der Waals surface area (Å²) in [5, 5.41) is 11.8. The second kappa shape index (κ2) is 6.86. The summed E-state index contributed by atoms with van der Waals surface area (Å²) >= 11 is 1.79. The molecule has 1 heterocycles. The molecule has 0 bridgehead atoms. The number of rotatable bonds is 6. The van der Waals surface area contributed by atoms with Gasteiger partial charge < -0.3 is 9.84 Å². The Labute approximate surface area is 147 Å². The molecular weight excluding hydrogens is 316 g/mol. The van der Waals surface area contributed by atoms with Crippen LogP contribution in [-0.4, -0.2) is 11.7 Å². The number of hydrogen-bond donors (Lipinski definition) is 1. The lowest BCUT2D eigenvalue weighted by Crippen LogP contribution is -2.17. The summed E-state index contributed by atoms with van der Waals surface area (Å²) in [6, 6.07) is 16.3. The zero-order valence-electron chi connectivity index (χ0n) is 14.5. The zero-order valence-corrected chi connectivity index (χ0v) is 15.3. The molecule has 0 unspecified atom stereocenters. The molecular formula is C21H24O2S. The third-order valence-electron chi connectivity index (χ3n) is 4.45. The average molecular weight is 340 g/mol. The van der Waals surface area contributed by atoms with Gasteiger partial charge in [-0.1, -0.05) is 51.5 Å². The second-order valence-electron chi connectivity index (χ2n) is 6.65.